The molecule has 2 aromatic carbocycles. The lowest BCUT2D eigenvalue weighted by atomic mass is 10.1. The van der Waals surface area contributed by atoms with Crippen molar-refractivity contribution in [3.05, 3.63) is 65.7 Å². The van der Waals surface area contributed by atoms with Crippen LogP contribution in [-0.4, -0.2) is 33.5 Å². The number of carbonyl (C=O) groups excluding carboxylic acids is 1. The van der Waals surface area contributed by atoms with Crippen LogP contribution in [0.2, 0.25) is 0 Å². The molecule has 0 unspecified atom stereocenters. The Morgan fingerprint density at radius 2 is 1.71 bits per heavy atom. The molecule has 0 saturated heterocycles. The van der Waals surface area contributed by atoms with Crippen molar-refractivity contribution in [2.75, 3.05) is 6.61 Å². The van der Waals surface area contributed by atoms with Crippen LogP contribution in [0.5, 0.6) is 11.5 Å². The molecule has 0 saturated carbocycles. The second-order valence-electron chi connectivity index (χ2n) is 4.83. The summed E-state index contributed by atoms with van der Waals surface area (Å²) in [6.07, 6.45) is 3.35. The minimum absolute atomic E-state index is 0.0987. The molecule has 126 valence electrons. The normalized spacial score (nSPS) is 11.1. The van der Waals surface area contributed by atoms with Gasteiger partial charge < -0.3 is 9.84 Å². The molecule has 0 amide bonds. The van der Waals surface area contributed by atoms with Gasteiger partial charge in [0, 0.05) is 6.08 Å². The number of aromatic hydroxyl groups is 1. The predicted octanol–water partition coefficient (Wildman–Crippen LogP) is 2.57. The molecule has 0 fully saturated rings. The average Bonchev–Trinajstić information content (AvgIpc) is 2.56. The molecule has 0 spiro atoms. The van der Waals surface area contributed by atoms with Crippen molar-refractivity contribution in [3.63, 3.8) is 0 Å². The monoisotopic (exact) mass is 331 g/mol. The van der Waals surface area contributed by atoms with Crippen molar-refractivity contribution in [3.8, 4) is 11.5 Å². The number of hydrogen-bond acceptors (Lipinski definition) is 7. The summed E-state index contributed by atoms with van der Waals surface area (Å²) in [5.41, 5.74) is 1.65. The van der Waals surface area contributed by atoms with Crippen LogP contribution < -0.4 is 4.74 Å². The number of phenols is 1. The van der Waals surface area contributed by atoms with E-state index in [0.717, 1.165) is 11.1 Å². The smallest absolute Gasteiger partial charge is 0.336 e. The van der Waals surface area contributed by atoms with Crippen molar-refractivity contribution >= 4 is 12.0 Å². The minimum Gasteiger partial charge on any atom is -0.508 e. The summed E-state index contributed by atoms with van der Waals surface area (Å²) in [4.78, 5) is 16.2. The summed E-state index contributed by atoms with van der Waals surface area (Å²) >= 11 is 0. The molecule has 0 aliphatic carbocycles. The second kappa shape index (κ2) is 8.80. The van der Waals surface area contributed by atoms with Gasteiger partial charge in [-0.25, -0.2) is 4.79 Å². The SMILES string of the molecule is O=C(/C=C/c1ccc(O)cc1)Oc1ccc(CCON(O)O)cc1. The number of benzene rings is 2. The molecular formula is C17H17NO6. The van der Waals surface area contributed by atoms with Crippen LogP contribution in [0.3, 0.4) is 0 Å². The highest BCUT2D eigenvalue weighted by Gasteiger charge is 2.02. The molecule has 24 heavy (non-hydrogen) atoms. The van der Waals surface area contributed by atoms with Gasteiger partial charge in [0.2, 0.25) is 0 Å². The van der Waals surface area contributed by atoms with Gasteiger partial charge in [0.1, 0.15) is 11.5 Å². The molecule has 0 aromatic heterocycles. The highest BCUT2D eigenvalue weighted by molar-refractivity contribution is 5.88. The number of hydrogen-bond donors (Lipinski definition) is 3. The Morgan fingerprint density at radius 3 is 2.33 bits per heavy atom. The Bertz CT molecular complexity index is 679. The summed E-state index contributed by atoms with van der Waals surface area (Å²) < 4.78 is 5.16. The van der Waals surface area contributed by atoms with Gasteiger partial charge in [0.25, 0.3) is 0 Å². The van der Waals surface area contributed by atoms with Crippen LogP contribution in [0.1, 0.15) is 11.1 Å². The number of esters is 1. The standard InChI is InChI=1S/C17H17NO6/c19-15-6-1-13(2-7-15)5-10-17(20)24-16-8-3-14(4-9-16)11-12-23-18(21)22/h1-10,19,21-22H,11-12H2/b10-5+. The molecule has 7 heteroatoms. The maximum Gasteiger partial charge on any atom is 0.336 e. The highest BCUT2D eigenvalue weighted by atomic mass is 17.1. The van der Waals surface area contributed by atoms with Crippen molar-refractivity contribution in [2.24, 2.45) is 0 Å². The maximum atomic E-state index is 11.7. The molecule has 0 aliphatic rings. The van der Waals surface area contributed by atoms with E-state index in [9.17, 15) is 9.90 Å². The number of ether oxygens (including phenoxy) is 1. The fourth-order valence-corrected chi connectivity index (χ4v) is 1.87. The molecule has 0 atom stereocenters. The van der Waals surface area contributed by atoms with Gasteiger partial charge in [-0.1, -0.05) is 24.3 Å². The lowest BCUT2D eigenvalue weighted by Gasteiger charge is -2.06. The summed E-state index contributed by atoms with van der Waals surface area (Å²) in [5, 5.41) is 25.7. The van der Waals surface area contributed by atoms with Crippen molar-refractivity contribution in [2.45, 2.75) is 6.42 Å². The highest BCUT2D eigenvalue weighted by Crippen LogP contribution is 2.14. The quantitative estimate of drug-likeness (QED) is 0.310. The summed E-state index contributed by atoms with van der Waals surface area (Å²) in [6, 6.07) is 13.2. The third-order valence-corrected chi connectivity index (χ3v) is 3.04. The van der Waals surface area contributed by atoms with Crippen LogP contribution >= 0.6 is 0 Å². The van der Waals surface area contributed by atoms with Crippen LogP contribution in [-0.2, 0) is 16.1 Å². The Kier molecular flexibility index (Phi) is 6.47. The molecule has 0 heterocycles. The van der Waals surface area contributed by atoms with E-state index in [2.05, 4.69) is 4.84 Å². The second-order valence-corrected chi connectivity index (χ2v) is 4.83. The fourth-order valence-electron chi connectivity index (χ4n) is 1.87. The molecule has 7 nitrogen and oxygen atoms in total. The van der Waals surface area contributed by atoms with E-state index in [4.69, 9.17) is 15.2 Å². The van der Waals surface area contributed by atoms with E-state index in [0.29, 0.717) is 12.2 Å². The number of carbonyl (C=O) groups is 1. The lowest BCUT2D eigenvalue weighted by molar-refractivity contribution is -0.492. The van der Waals surface area contributed by atoms with Gasteiger partial charge in [-0.05, 0) is 47.9 Å². The molecular weight excluding hydrogens is 314 g/mol. The number of phenolic OH excluding ortho intramolecular Hbond substituents is 1. The minimum atomic E-state index is -0.518. The van der Waals surface area contributed by atoms with Gasteiger partial charge in [0.15, 0.2) is 0 Å². The fraction of sp³-hybridized carbons (Fsp3) is 0.118. The molecule has 0 bridgehead atoms. The largest absolute Gasteiger partial charge is 0.508 e. The van der Waals surface area contributed by atoms with Crippen molar-refractivity contribution in [1.82, 2.24) is 5.39 Å². The lowest BCUT2D eigenvalue weighted by Crippen LogP contribution is -2.16. The third kappa shape index (κ3) is 6.19. The van der Waals surface area contributed by atoms with E-state index in [1.165, 1.54) is 18.2 Å². The number of nitrogens with zero attached hydrogens (tertiary/aromatic N) is 1. The average molecular weight is 331 g/mol. The topological polar surface area (TPSA) is 99.5 Å². The van der Waals surface area contributed by atoms with Gasteiger partial charge in [-0.2, -0.15) is 0 Å². The first-order chi connectivity index (χ1) is 11.5. The Balaban J connectivity index is 1.84. The first-order valence-corrected chi connectivity index (χ1v) is 7.11. The summed E-state index contributed by atoms with van der Waals surface area (Å²) in [6.45, 7) is 0.0987. The zero-order chi connectivity index (χ0) is 17.4. The van der Waals surface area contributed by atoms with Crippen molar-refractivity contribution in [1.29, 1.82) is 0 Å². The van der Waals surface area contributed by atoms with Gasteiger partial charge in [0.05, 0.1) is 12.0 Å². The molecule has 0 radical (unpaired) electrons. The van der Waals surface area contributed by atoms with E-state index in [1.54, 1.807) is 42.5 Å². The molecule has 2 rings (SSSR count). The van der Waals surface area contributed by atoms with Gasteiger partial charge in [-0.15, -0.1) is 0 Å². The first-order valence-electron chi connectivity index (χ1n) is 7.11. The Morgan fingerprint density at radius 1 is 1.04 bits per heavy atom. The summed E-state index contributed by atoms with van der Waals surface area (Å²) in [5.74, 6) is 0.0345. The Hall–Kier alpha value is -2.71. The van der Waals surface area contributed by atoms with E-state index < -0.39 is 5.97 Å². The molecule has 2 aromatic rings. The zero-order valence-corrected chi connectivity index (χ0v) is 12.7. The first kappa shape index (κ1) is 17.6. The van der Waals surface area contributed by atoms with E-state index in [-0.39, 0.29) is 17.7 Å². The third-order valence-electron chi connectivity index (χ3n) is 3.04. The van der Waals surface area contributed by atoms with Crippen molar-refractivity contribution < 1.29 is 29.9 Å². The maximum absolute atomic E-state index is 11.7. The summed E-state index contributed by atoms with van der Waals surface area (Å²) in [7, 11) is 0. The number of rotatable bonds is 7. The van der Waals surface area contributed by atoms with E-state index in [1.807, 2.05) is 0 Å². The van der Waals surface area contributed by atoms with Gasteiger partial charge in [-0.3, -0.25) is 15.3 Å². The van der Waals surface area contributed by atoms with E-state index >= 15 is 0 Å². The molecule has 3 N–H and O–H groups in total. The zero-order valence-electron chi connectivity index (χ0n) is 12.7. The predicted molar refractivity (Wildman–Crippen MR) is 84.3 cm³/mol. The van der Waals surface area contributed by atoms with Gasteiger partial charge >= 0.3 is 5.97 Å². The molecule has 0 aliphatic heterocycles. The van der Waals surface area contributed by atoms with Crippen LogP contribution in [0, 0.1) is 0 Å². The Labute approximate surface area is 138 Å². The van der Waals surface area contributed by atoms with Crippen LogP contribution in [0.4, 0.5) is 0 Å². The van der Waals surface area contributed by atoms with Crippen LogP contribution in [0.15, 0.2) is 54.6 Å². The van der Waals surface area contributed by atoms with Crippen LogP contribution in [0.25, 0.3) is 6.08 Å².